The second kappa shape index (κ2) is 12.5. The summed E-state index contributed by atoms with van der Waals surface area (Å²) < 4.78 is 7.21. The molecule has 0 bridgehead atoms. The Labute approximate surface area is 179 Å². The maximum Gasteiger partial charge on any atom is 0.191 e. The van der Waals surface area contributed by atoms with Gasteiger partial charge in [0.25, 0.3) is 0 Å². The molecule has 1 aromatic carbocycles. The smallest absolute Gasteiger partial charge is 0.191 e. The number of ether oxygens (including phenoxy) is 1. The summed E-state index contributed by atoms with van der Waals surface area (Å²) in [7, 11) is 1.69. The number of benzene rings is 1. The first-order valence-electron chi connectivity index (χ1n) is 9.20. The minimum atomic E-state index is 0. The van der Waals surface area contributed by atoms with Crippen molar-refractivity contribution in [1.29, 1.82) is 0 Å². The summed E-state index contributed by atoms with van der Waals surface area (Å²) in [5, 5.41) is 14.7. The van der Waals surface area contributed by atoms with Crippen LogP contribution >= 0.6 is 24.0 Å². The molecule has 0 radical (unpaired) electrons. The van der Waals surface area contributed by atoms with Crippen molar-refractivity contribution >= 4 is 29.9 Å². The van der Waals surface area contributed by atoms with Crippen LogP contribution in [0.2, 0.25) is 0 Å². The van der Waals surface area contributed by atoms with Crippen LogP contribution < -0.4 is 15.4 Å². The molecule has 1 heterocycles. The second-order valence-corrected chi connectivity index (χ2v) is 6.12. The molecule has 0 aliphatic heterocycles. The van der Waals surface area contributed by atoms with Gasteiger partial charge in [0.1, 0.15) is 18.6 Å². The van der Waals surface area contributed by atoms with Crippen LogP contribution in [-0.2, 0) is 13.1 Å². The second-order valence-electron chi connectivity index (χ2n) is 6.12. The molecule has 0 saturated heterocycles. The van der Waals surface area contributed by atoms with Gasteiger partial charge in [-0.25, -0.2) is 4.99 Å². The van der Waals surface area contributed by atoms with E-state index in [1.54, 1.807) is 13.4 Å². The van der Waals surface area contributed by atoms with E-state index in [1.807, 2.05) is 16.7 Å². The van der Waals surface area contributed by atoms with Crippen LogP contribution in [0.3, 0.4) is 0 Å². The quantitative estimate of drug-likeness (QED) is 0.324. The molecule has 1 unspecified atom stereocenters. The molecule has 2 N–H and O–H groups in total. The van der Waals surface area contributed by atoms with Crippen molar-refractivity contribution in [2.24, 2.45) is 4.99 Å². The van der Waals surface area contributed by atoms with Gasteiger partial charge >= 0.3 is 0 Å². The Morgan fingerprint density at radius 3 is 2.59 bits per heavy atom. The van der Waals surface area contributed by atoms with Crippen LogP contribution in [0.1, 0.15) is 44.5 Å². The number of aliphatic imine (C=N–C) groups is 1. The predicted octanol–water partition coefficient (Wildman–Crippen LogP) is 3.17. The topological polar surface area (TPSA) is 76.4 Å². The SMILES string of the molecule is CCNC(=NCc1nncn1CC)NCCC(C)c1ccc(OC)cc1.I. The third-order valence-corrected chi connectivity index (χ3v) is 4.31. The number of guanidine groups is 1. The lowest BCUT2D eigenvalue weighted by Crippen LogP contribution is -2.38. The molecule has 0 spiro atoms. The molecular formula is C19H31IN6O. The van der Waals surface area contributed by atoms with Crippen LogP contribution in [0.15, 0.2) is 35.6 Å². The van der Waals surface area contributed by atoms with E-state index in [0.29, 0.717) is 12.5 Å². The summed E-state index contributed by atoms with van der Waals surface area (Å²) >= 11 is 0. The maximum absolute atomic E-state index is 5.21. The number of hydrogen-bond acceptors (Lipinski definition) is 4. The average Bonchev–Trinajstić information content (AvgIpc) is 3.13. The number of aryl methyl sites for hydroxylation is 1. The van der Waals surface area contributed by atoms with Gasteiger partial charge in [-0.3, -0.25) is 0 Å². The number of nitrogens with zero attached hydrogens (tertiary/aromatic N) is 4. The lowest BCUT2D eigenvalue weighted by atomic mass is 9.98. The summed E-state index contributed by atoms with van der Waals surface area (Å²) in [6.45, 7) is 9.39. The summed E-state index contributed by atoms with van der Waals surface area (Å²) in [6, 6.07) is 8.27. The third-order valence-electron chi connectivity index (χ3n) is 4.31. The van der Waals surface area contributed by atoms with Crippen molar-refractivity contribution in [3.05, 3.63) is 42.0 Å². The standard InChI is InChI=1S/C19H30N6O.HI/c1-5-20-19(22-13-18-24-23-14-25(18)6-2)21-12-11-15(3)16-7-9-17(26-4)10-8-16;/h7-10,14-15H,5-6,11-13H2,1-4H3,(H2,20,21,22);1H. The third kappa shape index (κ3) is 7.36. The van der Waals surface area contributed by atoms with Crippen molar-refractivity contribution in [2.45, 2.75) is 46.2 Å². The van der Waals surface area contributed by atoms with E-state index < -0.39 is 0 Å². The van der Waals surface area contributed by atoms with Gasteiger partial charge in [-0.05, 0) is 43.9 Å². The Morgan fingerprint density at radius 1 is 1.22 bits per heavy atom. The Kier molecular flexibility index (Phi) is 10.8. The summed E-state index contributed by atoms with van der Waals surface area (Å²) in [5.41, 5.74) is 1.31. The van der Waals surface area contributed by atoms with E-state index in [4.69, 9.17) is 4.74 Å². The largest absolute Gasteiger partial charge is 0.497 e. The fraction of sp³-hybridized carbons (Fsp3) is 0.526. The fourth-order valence-electron chi connectivity index (χ4n) is 2.66. The Balaban J connectivity index is 0.00000364. The van der Waals surface area contributed by atoms with Gasteiger partial charge in [0.2, 0.25) is 0 Å². The zero-order chi connectivity index (χ0) is 18.8. The highest BCUT2D eigenvalue weighted by Crippen LogP contribution is 2.21. The molecule has 0 aliphatic rings. The number of rotatable bonds is 9. The monoisotopic (exact) mass is 486 g/mol. The fourth-order valence-corrected chi connectivity index (χ4v) is 2.66. The number of aromatic nitrogens is 3. The number of nitrogens with one attached hydrogen (secondary N) is 2. The molecule has 0 amide bonds. The zero-order valence-corrected chi connectivity index (χ0v) is 18.9. The Hall–Kier alpha value is -1.84. The van der Waals surface area contributed by atoms with E-state index in [9.17, 15) is 0 Å². The molecule has 150 valence electrons. The average molecular weight is 486 g/mol. The van der Waals surface area contributed by atoms with Gasteiger partial charge in [0, 0.05) is 19.6 Å². The highest BCUT2D eigenvalue weighted by Gasteiger charge is 2.07. The molecule has 2 aromatic rings. The van der Waals surface area contributed by atoms with Gasteiger partial charge in [0.15, 0.2) is 11.8 Å². The molecular weight excluding hydrogens is 455 g/mol. The lowest BCUT2D eigenvalue weighted by Gasteiger charge is -2.15. The molecule has 7 nitrogen and oxygen atoms in total. The lowest BCUT2D eigenvalue weighted by molar-refractivity contribution is 0.414. The van der Waals surface area contributed by atoms with Crippen molar-refractivity contribution in [3.8, 4) is 5.75 Å². The van der Waals surface area contributed by atoms with Crippen molar-refractivity contribution < 1.29 is 4.74 Å². The van der Waals surface area contributed by atoms with Gasteiger partial charge in [-0.1, -0.05) is 19.1 Å². The van der Waals surface area contributed by atoms with E-state index in [-0.39, 0.29) is 24.0 Å². The summed E-state index contributed by atoms with van der Waals surface area (Å²) in [5.74, 6) is 3.02. The first kappa shape index (κ1) is 23.2. The molecule has 27 heavy (non-hydrogen) atoms. The Morgan fingerprint density at radius 2 is 1.96 bits per heavy atom. The van der Waals surface area contributed by atoms with Crippen molar-refractivity contribution in [3.63, 3.8) is 0 Å². The van der Waals surface area contributed by atoms with Gasteiger partial charge < -0.3 is 19.9 Å². The highest BCUT2D eigenvalue weighted by molar-refractivity contribution is 14.0. The van der Waals surface area contributed by atoms with Gasteiger partial charge in [-0.2, -0.15) is 0 Å². The van der Waals surface area contributed by atoms with Crippen LogP contribution in [0.25, 0.3) is 0 Å². The highest BCUT2D eigenvalue weighted by atomic mass is 127. The van der Waals surface area contributed by atoms with E-state index in [2.05, 4.69) is 58.7 Å². The van der Waals surface area contributed by atoms with Gasteiger partial charge in [0.05, 0.1) is 7.11 Å². The van der Waals surface area contributed by atoms with Crippen LogP contribution in [0, 0.1) is 0 Å². The molecule has 1 atom stereocenters. The van der Waals surface area contributed by atoms with E-state index in [1.165, 1.54) is 5.56 Å². The molecule has 0 saturated carbocycles. The molecule has 0 aliphatic carbocycles. The minimum Gasteiger partial charge on any atom is -0.497 e. The normalized spacial score (nSPS) is 12.2. The molecule has 0 fully saturated rings. The van der Waals surface area contributed by atoms with Crippen LogP contribution in [0.4, 0.5) is 0 Å². The molecule has 2 rings (SSSR count). The van der Waals surface area contributed by atoms with E-state index >= 15 is 0 Å². The molecule has 1 aromatic heterocycles. The minimum absolute atomic E-state index is 0. The Bertz CT molecular complexity index is 686. The van der Waals surface area contributed by atoms with Crippen molar-refractivity contribution in [1.82, 2.24) is 25.4 Å². The predicted molar refractivity (Wildman–Crippen MR) is 120 cm³/mol. The van der Waals surface area contributed by atoms with Crippen LogP contribution in [-0.4, -0.2) is 40.9 Å². The first-order chi connectivity index (χ1) is 12.7. The molecule has 8 heteroatoms. The maximum atomic E-state index is 5.21. The summed E-state index contributed by atoms with van der Waals surface area (Å²) in [4.78, 5) is 4.61. The zero-order valence-electron chi connectivity index (χ0n) is 16.6. The number of hydrogen-bond donors (Lipinski definition) is 2. The van der Waals surface area contributed by atoms with E-state index in [0.717, 1.165) is 43.6 Å². The van der Waals surface area contributed by atoms with Gasteiger partial charge in [-0.15, -0.1) is 34.2 Å². The van der Waals surface area contributed by atoms with Crippen molar-refractivity contribution in [2.75, 3.05) is 20.2 Å². The number of halogens is 1. The summed E-state index contributed by atoms with van der Waals surface area (Å²) in [6.07, 6.45) is 2.75. The number of methoxy groups -OCH3 is 1. The first-order valence-corrected chi connectivity index (χ1v) is 9.20. The van der Waals surface area contributed by atoms with Crippen LogP contribution in [0.5, 0.6) is 5.75 Å².